The Bertz CT molecular complexity index is 1030. The quantitative estimate of drug-likeness (QED) is 0.149. The van der Waals surface area contributed by atoms with E-state index in [1.807, 2.05) is 19.1 Å². The zero-order chi connectivity index (χ0) is 24.1. The van der Waals surface area contributed by atoms with Crippen LogP contribution in [0.15, 0.2) is 40.3 Å². The predicted molar refractivity (Wildman–Crippen MR) is 130 cm³/mol. The first kappa shape index (κ1) is 24.8. The number of rotatable bonds is 8. The number of carbonyl (C=O) groups excluding carboxylic acids is 1. The molecule has 0 saturated carbocycles. The summed E-state index contributed by atoms with van der Waals surface area (Å²) in [7, 11) is 0. The van der Waals surface area contributed by atoms with Gasteiger partial charge < -0.3 is 21.0 Å². The van der Waals surface area contributed by atoms with E-state index in [1.165, 1.54) is 5.01 Å². The Morgan fingerprint density at radius 1 is 1.39 bits per heavy atom. The average Bonchev–Trinajstić information content (AvgIpc) is 3.22. The van der Waals surface area contributed by atoms with Crippen LogP contribution in [0.25, 0.3) is 0 Å². The van der Waals surface area contributed by atoms with Gasteiger partial charge >= 0.3 is 0 Å². The molecule has 0 spiro atoms. The van der Waals surface area contributed by atoms with Gasteiger partial charge in [0, 0.05) is 17.5 Å². The van der Waals surface area contributed by atoms with E-state index in [-0.39, 0.29) is 18.3 Å². The van der Waals surface area contributed by atoms with E-state index in [1.54, 1.807) is 37.1 Å². The minimum Gasteiger partial charge on any atom is -0.493 e. The summed E-state index contributed by atoms with van der Waals surface area (Å²) in [6.07, 6.45) is 0. The average molecular weight is 474 g/mol. The van der Waals surface area contributed by atoms with Crippen LogP contribution in [0.5, 0.6) is 5.75 Å². The lowest BCUT2D eigenvalue weighted by Crippen LogP contribution is -2.47. The highest BCUT2D eigenvalue weighted by atomic mass is 32.2. The summed E-state index contributed by atoms with van der Waals surface area (Å²) >= 11 is 1.64. The van der Waals surface area contributed by atoms with Crippen LogP contribution in [0.1, 0.15) is 49.3 Å². The van der Waals surface area contributed by atoms with E-state index < -0.39 is 6.04 Å². The molecule has 3 rings (SSSR count). The topological polar surface area (TPSA) is 142 Å². The van der Waals surface area contributed by atoms with Crippen molar-refractivity contribution in [1.29, 1.82) is 0 Å². The van der Waals surface area contributed by atoms with Crippen molar-refractivity contribution in [3.8, 4) is 5.75 Å². The third-order valence-corrected chi connectivity index (χ3v) is 6.51. The van der Waals surface area contributed by atoms with Gasteiger partial charge in [-0.3, -0.25) is 9.80 Å². The molecule has 2 aromatic rings. The number of anilines is 1. The maximum atomic E-state index is 13.2. The first-order chi connectivity index (χ1) is 15.8. The fraction of sp³-hybridized carbons (Fsp3) is 0.409. The second-order valence-electron chi connectivity index (χ2n) is 7.90. The van der Waals surface area contributed by atoms with Crippen molar-refractivity contribution in [2.45, 2.75) is 51.2 Å². The number of aliphatic hydroxyl groups excluding tert-OH is 1. The number of amidine groups is 1. The number of hydrogen-bond donors (Lipinski definition) is 4. The van der Waals surface area contributed by atoms with Crippen LogP contribution < -0.4 is 21.7 Å². The molecule has 0 fully saturated rings. The highest BCUT2D eigenvalue weighted by Crippen LogP contribution is 2.40. The molecular weight excluding hydrogens is 442 g/mol. The monoisotopic (exact) mass is 473 g/mol. The van der Waals surface area contributed by atoms with Crippen LogP contribution in [0.4, 0.5) is 5.82 Å². The molecular formula is C22H31N7O3S. The molecule has 178 valence electrons. The standard InChI is InChI=1S/C22H31N7O3S/c1-5-32-18-9-15-11-28(13(2)3)33-19(15)10-16(18)22(31)26-20-8-6-7-17(25-20)21(27-23)29(24)14(4)12-30/h6-10,13-14,30H,5,11-12,23-24H2,1-4H3,(H,25,26,31)/b27-21-. The summed E-state index contributed by atoms with van der Waals surface area (Å²) in [5.41, 5.74) is 1.93. The lowest BCUT2D eigenvalue weighted by atomic mass is 10.1. The van der Waals surface area contributed by atoms with Crippen LogP contribution in [0.3, 0.4) is 0 Å². The molecule has 2 heterocycles. The number of hydrazine groups is 1. The number of nitrogens with one attached hydrogen (secondary N) is 1. The summed E-state index contributed by atoms with van der Waals surface area (Å²) < 4.78 is 8.03. The van der Waals surface area contributed by atoms with Crippen LogP contribution in [-0.2, 0) is 6.54 Å². The third-order valence-electron chi connectivity index (χ3n) is 5.15. The normalized spacial score (nSPS) is 14.8. The number of aromatic nitrogens is 1. The van der Waals surface area contributed by atoms with Crippen LogP contribution in [0.2, 0.25) is 0 Å². The number of fused-ring (bicyclic) bond motifs is 1. The molecule has 1 amide bonds. The van der Waals surface area contributed by atoms with Gasteiger partial charge in [-0.25, -0.2) is 15.1 Å². The Labute approximate surface area is 198 Å². The van der Waals surface area contributed by atoms with E-state index in [4.69, 9.17) is 16.4 Å². The molecule has 0 bridgehead atoms. The number of nitrogens with two attached hydrogens (primary N) is 2. The second kappa shape index (κ2) is 10.8. The molecule has 1 atom stereocenters. The molecule has 1 aliphatic rings. The number of aliphatic hydroxyl groups is 1. The zero-order valence-corrected chi connectivity index (χ0v) is 20.1. The maximum absolute atomic E-state index is 13.2. The van der Waals surface area contributed by atoms with Crippen molar-refractivity contribution in [1.82, 2.24) is 14.3 Å². The molecule has 1 aromatic heterocycles. The third kappa shape index (κ3) is 5.56. The number of nitrogens with zero attached hydrogens (tertiary/aromatic N) is 4. The summed E-state index contributed by atoms with van der Waals surface area (Å²) in [6, 6.07) is 8.80. The van der Waals surface area contributed by atoms with Gasteiger partial charge in [0.1, 0.15) is 17.3 Å². The predicted octanol–water partition coefficient (Wildman–Crippen LogP) is 2.14. The van der Waals surface area contributed by atoms with Gasteiger partial charge in [-0.2, -0.15) is 5.10 Å². The van der Waals surface area contributed by atoms with Crippen LogP contribution >= 0.6 is 11.9 Å². The summed E-state index contributed by atoms with van der Waals surface area (Å²) in [5, 5.41) is 17.1. The molecule has 11 heteroatoms. The molecule has 1 unspecified atom stereocenters. The lowest BCUT2D eigenvalue weighted by molar-refractivity contribution is 0.102. The number of benzene rings is 1. The minimum atomic E-state index is -0.421. The van der Waals surface area contributed by atoms with Gasteiger partial charge in [0.05, 0.1) is 24.8 Å². The Morgan fingerprint density at radius 3 is 2.79 bits per heavy atom. The largest absolute Gasteiger partial charge is 0.493 e. The van der Waals surface area contributed by atoms with Gasteiger partial charge in [-0.1, -0.05) is 6.07 Å². The van der Waals surface area contributed by atoms with E-state index in [0.717, 1.165) is 17.0 Å². The van der Waals surface area contributed by atoms with E-state index in [2.05, 4.69) is 33.6 Å². The summed E-state index contributed by atoms with van der Waals surface area (Å²) in [5.74, 6) is 12.2. The van der Waals surface area contributed by atoms with E-state index >= 15 is 0 Å². The zero-order valence-electron chi connectivity index (χ0n) is 19.3. The van der Waals surface area contributed by atoms with Crippen molar-refractivity contribution >= 4 is 29.5 Å². The van der Waals surface area contributed by atoms with E-state index in [0.29, 0.717) is 35.5 Å². The molecule has 1 aliphatic heterocycles. The summed E-state index contributed by atoms with van der Waals surface area (Å²) in [4.78, 5) is 18.7. The SMILES string of the molecule is CCOc1cc2c(cc1C(=O)Nc1cccc(/C(=N/N)N(N)C(C)CO)n1)SN(C(C)C)C2. The van der Waals surface area contributed by atoms with Crippen LogP contribution in [0, 0.1) is 0 Å². The molecule has 10 nitrogen and oxygen atoms in total. The summed E-state index contributed by atoms with van der Waals surface area (Å²) in [6.45, 7) is 8.93. The molecule has 33 heavy (non-hydrogen) atoms. The van der Waals surface area contributed by atoms with Gasteiger partial charge in [0.25, 0.3) is 5.91 Å². The van der Waals surface area contributed by atoms with Crippen molar-refractivity contribution in [2.75, 3.05) is 18.5 Å². The highest BCUT2D eigenvalue weighted by molar-refractivity contribution is 7.97. The Balaban J connectivity index is 1.86. The van der Waals surface area contributed by atoms with Crippen molar-refractivity contribution < 1.29 is 14.6 Å². The van der Waals surface area contributed by atoms with Crippen molar-refractivity contribution in [3.05, 3.63) is 47.2 Å². The molecule has 0 saturated heterocycles. The molecule has 6 N–H and O–H groups in total. The molecule has 0 radical (unpaired) electrons. The van der Waals surface area contributed by atoms with E-state index in [9.17, 15) is 9.90 Å². The number of hydrogen-bond acceptors (Lipinski definition) is 9. The fourth-order valence-electron chi connectivity index (χ4n) is 3.25. The second-order valence-corrected chi connectivity index (χ2v) is 8.99. The maximum Gasteiger partial charge on any atom is 0.260 e. The highest BCUT2D eigenvalue weighted by Gasteiger charge is 2.26. The smallest absolute Gasteiger partial charge is 0.260 e. The Morgan fingerprint density at radius 2 is 2.15 bits per heavy atom. The van der Waals surface area contributed by atoms with Gasteiger partial charge in [0.2, 0.25) is 0 Å². The first-order valence-electron chi connectivity index (χ1n) is 10.7. The Kier molecular flexibility index (Phi) is 8.14. The van der Waals surface area contributed by atoms with Crippen molar-refractivity contribution in [2.24, 2.45) is 16.8 Å². The first-order valence-corrected chi connectivity index (χ1v) is 11.5. The van der Waals surface area contributed by atoms with Gasteiger partial charge in [-0.15, -0.1) is 0 Å². The molecule has 0 aliphatic carbocycles. The molecule has 1 aromatic carbocycles. The lowest BCUT2D eigenvalue weighted by Gasteiger charge is -2.25. The minimum absolute atomic E-state index is 0.184. The van der Waals surface area contributed by atoms with Gasteiger partial charge in [0.15, 0.2) is 5.84 Å². The number of hydrazone groups is 1. The van der Waals surface area contributed by atoms with Crippen LogP contribution in [-0.4, -0.2) is 56.4 Å². The van der Waals surface area contributed by atoms with Crippen molar-refractivity contribution in [3.63, 3.8) is 0 Å². The fourth-order valence-corrected chi connectivity index (χ4v) is 4.33. The number of carbonyl (C=O) groups is 1. The number of ether oxygens (including phenoxy) is 1. The van der Waals surface area contributed by atoms with Gasteiger partial charge in [-0.05, 0) is 69.5 Å². The Hall–Kier alpha value is -2.86. The number of amides is 1. The number of pyridine rings is 1.